The average Bonchev–Trinajstić information content (AvgIpc) is 3.62. The summed E-state index contributed by atoms with van der Waals surface area (Å²) in [6, 6.07) is 17.6. The smallest absolute Gasteiger partial charge is 0.254 e. The maximum Gasteiger partial charge on any atom is 0.254 e. The van der Waals surface area contributed by atoms with Crippen molar-refractivity contribution >= 4 is 22.7 Å². The number of aryl methyl sites for hydroxylation is 1. The third kappa shape index (κ3) is 5.45. The fraction of sp³-hybridized carbons (Fsp3) is 0.367. The van der Waals surface area contributed by atoms with Gasteiger partial charge in [-0.05, 0) is 49.4 Å². The number of aromatic nitrogens is 3. The van der Waals surface area contributed by atoms with Crippen molar-refractivity contribution < 1.29 is 9.59 Å². The second-order valence-corrected chi connectivity index (χ2v) is 9.93. The van der Waals surface area contributed by atoms with Crippen LogP contribution in [0.4, 0.5) is 0 Å². The second kappa shape index (κ2) is 11.5. The Balaban J connectivity index is 1.39. The lowest BCUT2D eigenvalue weighted by Crippen LogP contribution is -2.62. The molecule has 0 bridgehead atoms. The van der Waals surface area contributed by atoms with Crippen LogP contribution < -0.4 is 5.32 Å². The highest BCUT2D eigenvalue weighted by Crippen LogP contribution is 2.36. The van der Waals surface area contributed by atoms with E-state index >= 15 is 0 Å². The Hall–Kier alpha value is -3.87. The number of hydrogen-bond acceptors (Lipinski definition) is 3. The van der Waals surface area contributed by atoms with Crippen LogP contribution >= 0.6 is 0 Å². The number of carbonyl (C=O) groups excluding carboxylic acids is 2. The van der Waals surface area contributed by atoms with E-state index in [0.29, 0.717) is 37.9 Å². The Bertz CT molecular complexity index is 1310. The average molecular weight is 498 g/mol. The predicted octanol–water partition coefficient (Wildman–Crippen LogP) is 4.96. The SMILES string of the molecule is O=C(c1ccccc1)N(CCc1c[nH]c2ccccc12)C1(C(=O)NCCCn2ccnc2)CCCCC1. The molecule has 2 amide bonds. The lowest BCUT2D eigenvalue weighted by atomic mass is 9.78. The number of H-pyrrole nitrogens is 1. The van der Waals surface area contributed by atoms with Crippen molar-refractivity contribution in [1.82, 2.24) is 24.8 Å². The number of amides is 2. The van der Waals surface area contributed by atoms with E-state index in [0.717, 1.165) is 48.7 Å². The summed E-state index contributed by atoms with van der Waals surface area (Å²) in [5.74, 6) is -0.100. The van der Waals surface area contributed by atoms with Crippen LogP contribution in [0.2, 0.25) is 0 Å². The number of hydrogen-bond donors (Lipinski definition) is 2. The molecule has 0 saturated heterocycles. The Morgan fingerprint density at radius 1 is 1.03 bits per heavy atom. The zero-order chi connectivity index (χ0) is 25.5. The minimum absolute atomic E-state index is 0.0268. The van der Waals surface area contributed by atoms with Gasteiger partial charge in [0.1, 0.15) is 5.54 Å². The van der Waals surface area contributed by atoms with Gasteiger partial charge in [-0.2, -0.15) is 0 Å². The number of imidazole rings is 1. The maximum atomic E-state index is 14.0. The highest BCUT2D eigenvalue weighted by Gasteiger charge is 2.46. The van der Waals surface area contributed by atoms with Gasteiger partial charge in [0.05, 0.1) is 6.33 Å². The van der Waals surface area contributed by atoms with Crippen LogP contribution in [-0.4, -0.2) is 49.9 Å². The summed E-state index contributed by atoms with van der Waals surface area (Å²) in [6.45, 7) is 1.84. The molecule has 0 aliphatic heterocycles. The minimum Gasteiger partial charge on any atom is -0.361 e. The summed E-state index contributed by atoms with van der Waals surface area (Å²) < 4.78 is 2.01. The molecule has 2 aromatic heterocycles. The van der Waals surface area contributed by atoms with Crippen LogP contribution in [0.25, 0.3) is 10.9 Å². The molecule has 5 rings (SSSR count). The first kappa shape index (κ1) is 24.8. The maximum absolute atomic E-state index is 14.0. The van der Waals surface area contributed by atoms with Gasteiger partial charge in [0.2, 0.25) is 5.91 Å². The molecule has 1 saturated carbocycles. The first-order valence-corrected chi connectivity index (χ1v) is 13.3. The number of nitrogens with one attached hydrogen (secondary N) is 2. The first-order chi connectivity index (χ1) is 18.2. The number of aromatic amines is 1. The monoisotopic (exact) mass is 497 g/mol. The lowest BCUT2D eigenvalue weighted by molar-refractivity contribution is -0.134. The first-order valence-electron chi connectivity index (χ1n) is 13.3. The van der Waals surface area contributed by atoms with Crippen molar-refractivity contribution in [1.29, 1.82) is 0 Å². The van der Waals surface area contributed by atoms with E-state index in [1.807, 2.05) is 64.3 Å². The molecule has 4 aromatic rings. The number of rotatable bonds is 10. The van der Waals surface area contributed by atoms with Crippen molar-refractivity contribution in [2.75, 3.05) is 13.1 Å². The molecular weight excluding hydrogens is 462 g/mol. The minimum atomic E-state index is -0.841. The van der Waals surface area contributed by atoms with Crippen molar-refractivity contribution in [3.05, 3.63) is 90.6 Å². The predicted molar refractivity (Wildman–Crippen MR) is 145 cm³/mol. The van der Waals surface area contributed by atoms with Crippen LogP contribution in [0.1, 0.15) is 54.4 Å². The molecule has 1 aliphatic rings. The van der Waals surface area contributed by atoms with Gasteiger partial charge in [-0.3, -0.25) is 9.59 Å². The zero-order valence-corrected chi connectivity index (χ0v) is 21.2. The Morgan fingerprint density at radius 3 is 2.59 bits per heavy atom. The van der Waals surface area contributed by atoms with E-state index < -0.39 is 5.54 Å². The van der Waals surface area contributed by atoms with E-state index in [1.54, 1.807) is 12.5 Å². The van der Waals surface area contributed by atoms with Gasteiger partial charge in [-0.15, -0.1) is 0 Å². The molecule has 0 radical (unpaired) electrons. The highest BCUT2D eigenvalue weighted by atomic mass is 16.2. The van der Waals surface area contributed by atoms with E-state index in [4.69, 9.17) is 0 Å². The Labute approximate surface area is 217 Å². The molecule has 2 N–H and O–H groups in total. The van der Waals surface area contributed by atoms with Crippen molar-refractivity contribution in [2.24, 2.45) is 0 Å². The molecule has 0 spiro atoms. The summed E-state index contributed by atoms with van der Waals surface area (Å²) in [6.07, 6.45) is 13.3. The number of para-hydroxylation sites is 1. The van der Waals surface area contributed by atoms with E-state index in [1.165, 1.54) is 0 Å². The molecule has 2 heterocycles. The van der Waals surface area contributed by atoms with Crippen molar-refractivity contribution in [2.45, 2.75) is 57.0 Å². The van der Waals surface area contributed by atoms with Gasteiger partial charge >= 0.3 is 0 Å². The molecular formula is C30H35N5O2. The van der Waals surface area contributed by atoms with Crippen molar-refractivity contribution in [3.8, 4) is 0 Å². The summed E-state index contributed by atoms with van der Waals surface area (Å²) in [5, 5.41) is 4.36. The van der Waals surface area contributed by atoms with Crippen molar-refractivity contribution in [3.63, 3.8) is 0 Å². The number of carbonyl (C=O) groups is 2. The van der Waals surface area contributed by atoms with Crippen LogP contribution in [0.3, 0.4) is 0 Å². The topological polar surface area (TPSA) is 83.0 Å². The standard InChI is InChI=1S/C30H35N5O2/c36-28(24-10-3-1-4-11-24)35(20-14-25-22-33-27-13-6-5-12-26(25)27)30(15-7-2-8-16-30)29(37)32-17-9-19-34-21-18-31-23-34/h1,3-6,10-13,18,21-23,33H,2,7-9,14-17,19-20H2,(H,32,37). The third-order valence-electron chi connectivity index (χ3n) is 7.60. The normalized spacial score (nSPS) is 14.9. The lowest BCUT2D eigenvalue weighted by Gasteiger charge is -2.45. The van der Waals surface area contributed by atoms with Gasteiger partial charge in [-0.1, -0.05) is 55.7 Å². The Morgan fingerprint density at radius 2 is 1.81 bits per heavy atom. The van der Waals surface area contributed by atoms with Crippen LogP contribution in [0.15, 0.2) is 79.5 Å². The molecule has 0 atom stereocenters. The second-order valence-electron chi connectivity index (χ2n) is 9.93. The molecule has 0 unspecified atom stereocenters. The highest BCUT2D eigenvalue weighted by molar-refractivity contribution is 5.99. The molecule has 2 aromatic carbocycles. The van der Waals surface area contributed by atoms with Gasteiger partial charge < -0.3 is 19.8 Å². The fourth-order valence-electron chi connectivity index (χ4n) is 5.62. The van der Waals surface area contributed by atoms with Crippen LogP contribution in [0.5, 0.6) is 0 Å². The molecule has 1 aliphatic carbocycles. The van der Waals surface area contributed by atoms with E-state index in [2.05, 4.69) is 27.4 Å². The quantitative estimate of drug-likeness (QED) is 0.304. The summed E-state index contributed by atoms with van der Waals surface area (Å²) in [7, 11) is 0. The van der Waals surface area contributed by atoms with Crippen LogP contribution in [0, 0.1) is 0 Å². The number of fused-ring (bicyclic) bond motifs is 1. The van der Waals surface area contributed by atoms with Gasteiger partial charge in [0.25, 0.3) is 5.91 Å². The Kier molecular flexibility index (Phi) is 7.68. The summed E-state index contributed by atoms with van der Waals surface area (Å²) in [4.78, 5) is 37.2. The molecule has 37 heavy (non-hydrogen) atoms. The summed E-state index contributed by atoms with van der Waals surface area (Å²) >= 11 is 0. The van der Waals surface area contributed by atoms with Gasteiger partial charge in [0.15, 0.2) is 0 Å². The number of benzene rings is 2. The molecule has 1 fully saturated rings. The van der Waals surface area contributed by atoms with E-state index in [-0.39, 0.29) is 11.8 Å². The van der Waals surface area contributed by atoms with Gasteiger partial charge in [-0.25, -0.2) is 4.98 Å². The summed E-state index contributed by atoms with van der Waals surface area (Å²) in [5.41, 5.74) is 2.03. The molecule has 7 heteroatoms. The molecule has 192 valence electrons. The third-order valence-corrected chi connectivity index (χ3v) is 7.60. The van der Waals surface area contributed by atoms with E-state index in [9.17, 15) is 9.59 Å². The molecule has 7 nitrogen and oxygen atoms in total. The zero-order valence-electron chi connectivity index (χ0n) is 21.2. The fourth-order valence-corrected chi connectivity index (χ4v) is 5.62. The van der Waals surface area contributed by atoms with Crippen LogP contribution in [-0.2, 0) is 17.8 Å². The largest absolute Gasteiger partial charge is 0.361 e. The number of nitrogens with zero attached hydrogens (tertiary/aromatic N) is 3. The van der Waals surface area contributed by atoms with Gasteiger partial charge in [0, 0.05) is 54.7 Å².